The quantitative estimate of drug-likeness (QED) is 0.882. The highest BCUT2D eigenvalue weighted by Gasteiger charge is 2.37. The van der Waals surface area contributed by atoms with Crippen molar-refractivity contribution in [2.45, 2.75) is 25.4 Å². The van der Waals surface area contributed by atoms with Crippen molar-refractivity contribution in [3.8, 4) is 0 Å². The zero-order valence-electron chi connectivity index (χ0n) is 13.0. The molecule has 2 unspecified atom stereocenters. The van der Waals surface area contributed by atoms with Crippen molar-refractivity contribution < 1.29 is 19.1 Å². The van der Waals surface area contributed by atoms with Crippen LogP contribution < -0.4 is 4.90 Å². The zero-order chi connectivity index (χ0) is 17.3. The van der Waals surface area contributed by atoms with Gasteiger partial charge in [0.05, 0.1) is 11.2 Å². The van der Waals surface area contributed by atoms with Gasteiger partial charge in [0, 0.05) is 32.1 Å². The number of anilines is 1. The predicted octanol–water partition coefficient (Wildman–Crippen LogP) is 1.61. The van der Waals surface area contributed by atoms with E-state index in [1.54, 1.807) is 0 Å². The van der Waals surface area contributed by atoms with E-state index in [1.165, 1.54) is 11.1 Å². The molecule has 0 aromatic carbocycles. The van der Waals surface area contributed by atoms with Crippen LogP contribution in [-0.2, 0) is 4.79 Å². The Balaban J connectivity index is 1.75. The lowest BCUT2D eigenvalue weighted by Crippen LogP contribution is -2.33. The molecular weight excluding hydrogens is 339 g/mol. The third-order valence-electron chi connectivity index (χ3n) is 4.48. The lowest BCUT2D eigenvalue weighted by molar-refractivity contribution is -0.144. The van der Waals surface area contributed by atoms with Crippen LogP contribution in [0.4, 0.5) is 10.3 Å². The number of carboxylic acid groups (broad SMARTS) is 1. The van der Waals surface area contributed by atoms with E-state index in [0.717, 1.165) is 25.9 Å². The maximum Gasteiger partial charge on any atom is 0.338 e. The van der Waals surface area contributed by atoms with Gasteiger partial charge in [-0.2, -0.15) is 0 Å². The summed E-state index contributed by atoms with van der Waals surface area (Å²) in [4.78, 5) is 35.2. The second-order valence-corrected chi connectivity index (χ2v) is 6.51. The van der Waals surface area contributed by atoms with Gasteiger partial charge in [-0.25, -0.2) is 19.2 Å². The molecule has 2 aliphatic rings. The monoisotopic (exact) mass is 356 g/mol. The molecule has 2 atom stereocenters. The Morgan fingerprint density at radius 2 is 2.04 bits per heavy atom. The van der Waals surface area contributed by atoms with Gasteiger partial charge in [0.1, 0.15) is 0 Å². The number of aliphatic carboxylic acids is 1. The first-order chi connectivity index (χ1) is 11.5. The van der Waals surface area contributed by atoms with Crippen molar-refractivity contribution >= 4 is 29.4 Å². The van der Waals surface area contributed by atoms with Gasteiger partial charge in [-0.15, -0.1) is 0 Å². The number of nitrogens with zero attached hydrogens (tertiary/aromatic N) is 4. The highest BCUT2D eigenvalue weighted by Crippen LogP contribution is 2.26. The van der Waals surface area contributed by atoms with Crippen molar-refractivity contribution in [2.75, 3.05) is 31.1 Å². The van der Waals surface area contributed by atoms with Crippen LogP contribution in [0.15, 0.2) is 6.20 Å². The van der Waals surface area contributed by atoms with Crippen LogP contribution in [0.3, 0.4) is 0 Å². The summed E-state index contributed by atoms with van der Waals surface area (Å²) in [6, 6.07) is 0. The smallest absolute Gasteiger partial charge is 0.338 e. The van der Waals surface area contributed by atoms with E-state index >= 15 is 0 Å². The molecule has 0 aliphatic carbocycles. The summed E-state index contributed by atoms with van der Waals surface area (Å²) in [5.74, 6) is -2.15. The minimum Gasteiger partial charge on any atom is -0.479 e. The van der Waals surface area contributed by atoms with Crippen LogP contribution in [0.2, 0.25) is 5.02 Å². The number of rotatable bonds is 4. The molecule has 3 rings (SSSR count). The molecule has 1 amide bonds. The number of alkyl halides is 1. The second-order valence-electron chi connectivity index (χ2n) is 6.10. The van der Waals surface area contributed by atoms with Gasteiger partial charge in [0.25, 0.3) is 5.91 Å². The summed E-state index contributed by atoms with van der Waals surface area (Å²) in [5.41, 5.74) is 0.0833. The zero-order valence-corrected chi connectivity index (χ0v) is 13.7. The largest absolute Gasteiger partial charge is 0.479 e. The molecule has 2 fully saturated rings. The number of hydrogen-bond donors (Lipinski definition) is 1. The first-order valence-electron chi connectivity index (χ1n) is 7.91. The fraction of sp³-hybridized carbons (Fsp3) is 0.600. The van der Waals surface area contributed by atoms with Crippen LogP contribution in [0.1, 0.15) is 29.8 Å². The Morgan fingerprint density at radius 1 is 1.33 bits per heavy atom. The van der Waals surface area contributed by atoms with Crippen molar-refractivity contribution in [1.82, 2.24) is 14.9 Å². The molecule has 24 heavy (non-hydrogen) atoms. The molecule has 0 saturated carbocycles. The van der Waals surface area contributed by atoms with Crippen molar-refractivity contribution in [1.29, 1.82) is 0 Å². The molecule has 0 radical (unpaired) electrons. The number of hydrogen-bond acceptors (Lipinski definition) is 5. The minimum absolute atomic E-state index is 0.0473. The number of carbonyl (C=O) groups excluding carboxylic acids is 1. The average molecular weight is 357 g/mol. The van der Waals surface area contributed by atoms with Crippen LogP contribution in [0.5, 0.6) is 0 Å². The third kappa shape index (κ3) is 3.28. The van der Waals surface area contributed by atoms with Crippen LogP contribution >= 0.6 is 11.6 Å². The normalized spacial score (nSPS) is 22.0. The Kier molecular flexibility index (Phi) is 4.84. The SMILES string of the molecule is O=C(O)C(F)C1CCN(C(=O)c2nc(N3CCCC3)ncc2Cl)C1. The molecule has 0 bridgehead atoms. The Labute approximate surface area is 143 Å². The van der Waals surface area contributed by atoms with Gasteiger partial charge in [-0.1, -0.05) is 11.6 Å². The molecule has 9 heteroatoms. The molecule has 1 aromatic heterocycles. The average Bonchev–Trinajstić information content (AvgIpc) is 3.25. The van der Waals surface area contributed by atoms with Gasteiger partial charge in [-0.3, -0.25) is 4.79 Å². The van der Waals surface area contributed by atoms with Crippen molar-refractivity contribution in [2.24, 2.45) is 5.92 Å². The summed E-state index contributed by atoms with van der Waals surface area (Å²) in [7, 11) is 0. The van der Waals surface area contributed by atoms with Gasteiger partial charge in [-0.05, 0) is 19.3 Å². The number of carboxylic acids is 1. The number of halogens is 2. The van der Waals surface area contributed by atoms with Gasteiger partial charge in [0.2, 0.25) is 12.1 Å². The standard InChI is InChI=1S/C15H18ClFN4O3/c16-10-7-18-15(20-4-1-2-5-20)19-12(10)13(22)21-6-3-9(8-21)11(17)14(23)24/h7,9,11H,1-6,8H2,(H,23,24). The maximum absolute atomic E-state index is 13.6. The fourth-order valence-corrected chi connectivity index (χ4v) is 3.31. The Bertz CT molecular complexity index is 654. The topological polar surface area (TPSA) is 86.6 Å². The molecule has 2 aliphatic heterocycles. The number of likely N-dealkylation sites (tertiary alicyclic amines) is 1. The van der Waals surface area contributed by atoms with Crippen LogP contribution in [0, 0.1) is 5.92 Å². The summed E-state index contributed by atoms with van der Waals surface area (Å²) in [5, 5.41) is 8.90. The van der Waals surface area contributed by atoms with E-state index in [2.05, 4.69) is 9.97 Å². The summed E-state index contributed by atoms with van der Waals surface area (Å²) < 4.78 is 13.6. The Morgan fingerprint density at radius 3 is 2.71 bits per heavy atom. The van der Waals surface area contributed by atoms with Crippen LogP contribution in [0.25, 0.3) is 0 Å². The molecule has 130 valence electrons. The molecule has 7 nitrogen and oxygen atoms in total. The highest BCUT2D eigenvalue weighted by molar-refractivity contribution is 6.33. The van der Waals surface area contributed by atoms with Gasteiger partial charge in [0.15, 0.2) is 5.69 Å². The van der Waals surface area contributed by atoms with E-state index in [0.29, 0.717) is 12.4 Å². The van der Waals surface area contributed by atoms with Gasteiger partial charge >= 0.3 is 5.97 Å². The van der Waals surface area contributed by atoms with E-state index < -0.39 is 24.0 Å². The van der Waals surface area contributed by atoms with E-state index in [-0.39, 0.29) is 23.8 Å². The first kappa shape index (κ1) is 16.9. The lowest BCUT2D eigenvalue weighted by atomic mass is 10.0. The van der Waals surface area contributed by atoms with E-state index in [9.17, 15) is 14.0 Å². The molecule has 1 N–H and O–H groups in total. The fourth-order valence-electron chi connectivity index (χ4n) is 3.14. The molecule has 2 saturated heterocycles. The number of carbonyl (C=O) groups is 2. The first-order valence-corrected chi connectivity index (χ1v) is 8.29. The Hall–Kier alpha value is -1.96. The van der Waals surface area contributed by atoms with Crippen molar-refractivity contribution in [3.63, 3.8) is 0 Å². The lowest BCUT2D eigenvalue weighted by Gasteiger charge is -2.19. The summed E-state index contributed by atoms with van der Waals surface area (Å²) in [6.07, 6.45) is 1.84. The van der Waals surface area contributed by atoms with E-state index in [4.69, 9.17) is 16.7 Å². The molecule has 3 heterocycles. The highest BCUT2D eigenvalue weighted by atomic mass is 35.5. The minimum atomic E-state index is -1.97. The second kappa shape index (κ2) is 6.88. The van der Waals surface area contributed by atoms with E-state index in [1.807, 2.05) is 4.90 Å². The summed E-state index contributed by atoms with van der Waals surface area (Å²) in [6.45, 7) is 2.01. The molecule has 0 spiro atoms. The van der Waals surface area contributed by atoms with Crippen LogP contribution in [-0.4, -0.2) is 64.2 Å². The number of amides is 1. The maximum atomic E-state index is 13.6. The number of aromatic nitrogens is 2. The van der Waals surface area contributed by atoms with Gasteiger partial charge < -0.3 is 14.9 Å². The summed E-state index contributed by atoms with van der Waals surface area (Å²) >= 11 is 6.07. The molecular formula is C15H18ClFN4O3. The third-order valence-corrected chi connectivity index (χ3v) is 4.76. The van der Waals surface area contributed by atoms with Crippen molar-refractivity contribution in [3.05, 3.63) is 16.9 Å². The predicted molar refractivity (Wildman–Crippen MR) is 85.0 cm³/mol. The molecule has 1 aromatic rings.